The molecule has 0 bridgehead atoms. The Morgan fingerprint density at radius 3 is 2.18 bits per heavy atom. The van der Waals surface area contributed by atoms with Gasteiger partial charge in [-0.05, 0) is 6.42 Å². The van der Waals surface area contributed by atoms with Crippen molar-refractivity contribution in [2.45, 2.75) is 26.3 Å². The van der Waals surface area contributed by atoms with Crippen molar-refractivity contribution in [1.82, 2.24) is 15.5 Å². The first-order valence-electron chi connectivity index (χ1n) is 5.38. The summed E-state index contributed by atoms with van der Waals surface area (Å²) in [5, 5.41) is 13.9. The summed E-state index contributed by atoms with van der Waals surface area (Å²) >= 11 is 0. The topological polar surface area (TPSA) is 98.7 Å². The van der Waals surface area contributed by atoms with Gasteiger partial charge in [0.25, 0.3) is 0 Å². The minimum atomic E-state index is -1.04. The van der Waals surface area contributed by atoms with E-state index in [1.165, 1.54) is 14.0 Å². The Hall–Kier alpha value is -1.79. The standard InChI is InChI=1S/C10H19N3O4/c1-4-8(9(15)16)13(3)10(17)12-6-5-11-7(2)14/h8H,4-6H2,1-3H3,(H,11,14)(H,12,17)(H,15,16). The molecule has 17 heavy (non-hydrogen) atoms. The second-order valence-corrected chi connectivity index (χ2v) is 3.59. The first-order valence-corrected chi connectivity index (χ1v) is 5.38. The van der Waals surface area contributed by atoms with Gasteiger partial charge in [-0.15, -0.1) is 0 Å². The zero-order valence-corrected chi connectivity index (χ0v) is 10.3. The van der Waals surface area contributed by atoms with Crippen LogP contribution in [0.5, 0.6) is 0 Å². The molecule has 3 N–H and O–H groups in total. The van der Waals surface area contributed by atoms with Gasteiger partial charge < -0.3 is 20.6 Å². The van der Waals surface area contributed by atoms with E-state index in [0.717, 1.165) is 4.90 Å². The molecule has 0 aliphatic heterocycles. The minimum absolute atomic E-state index is 0.176. The molecule has 0 heterocycles. The molecule has 1 atom stereocenters. The van der Waals surface area contributed by atoms with Crippen molar-refractivity contribution < 1.29 is 19.5 Å². The number of carboxylic acids is 1. The second-order valence-electron chi connectivity index (χ2n) is 3.59. The van der Waals surface area contributed by atoms with Crippen LogP contribution in [-0.2, 0) is 9.59 Å². The van der Waals surface area contributed by atoms with Crippen LogP contribution in [0.15, 0.2) is 0 Å². The molecule has 0 spiro atoms. The van der Waals surface area contributed by atoms with Gasteiger partial charge in [-0.2, -0.15) is 0 Å². The first kappa shape index (κ1) is 15.2. The number of rotatable bonds is 6. The summed E-state index contributed by atoms with van der Waals surface area (Å²) in [6, 6.07) is -1.31. The summed E-state index contributed by atoms with van der Waals surface area (Å²) < 4.78 is 0. The summed E-state index contributed by atoms with van der Waals surface area (Å²) in [5.41, 5.74) is 0. The summed E-state index contributed by atoms with van der Waals surface area (Å²) in [7, 11) is 1.43. The predicted octanol–water partition coefficient (Wildman–Crippen LogP) is -0.373. The van der Waals surface area contributed by atoms with E-state index in [9.17, 15) is 14.4 Å². The van der Waals surface area contributed by atoms with Crippen molar-refractivity contribution in [3.05, 3.63) is 0 Å². The Morgan fingerprint density at radius 2 is 1.76 bits per heavy atom. The Kier molecular flexibility index (Phi) is 6.69. The molecule has 0 fully saturated rings. The highest BCUT2D eigenvalue weighted by atomic mass is 16.4. The highest BCUT2D eigenvalue weighted by Gasteiger charge is 2.24. The van der Waals surface area contributed by atoms with Crippen molar-refractivity contribution in [2.24, 2.45) is 0 Å². The molecule has 0 aromatic rings. The molecule has 0 aliphatic carbocycles. The van der Waals surface area contributed by atoms with Crippen molar-refractivity contribution in [3.63, 3.8) is 0 Å². The number of amides is 3. The van der Waals surface area contributed by atoms with Crippen molar-refractivity contribution in [3.8, 4) is 0 Å². The molecule has 3 amide bonds. The predicted molar refractivity (Wildman–Crippen MR) is 61.6 cm³/mol. The van der Waals surface area contributed by atoms with Crippen LogP contribution >= 0.6 is 0 Å². The van der Waals surface area contributed by atoms with E-state index in [1.807, 2.05) is 0 Å². The number of aliphatic carboxylic acids is 1. The van der Waals surface area contributed by atoms with Gasteiger partial charge >= 0.3 is 12.0 Å². The number of likely N-dealkylation sites (N-methyl/N-ethyl adjacent to an activating group) is 1. The van der Waals surface area contributed by atoms with Gasteiger partial charge in [0, 0.05) is 27.1 Å². The maximum Gasteiger partial charge on any atom is 0.326 e. The normalized spacial score (nSPS) is 11.5. The zero-order chi connectivity index (χ0) is 13.4. The van der Waals surface area contributed by atoms with E-state index in [4.69, 9.17) is 5.11 Å². The molecule has 0 aromatic carbocycles. The Bertz CT molecular complexity index is 293. The number of carbonyl (C=O) groups is 3. The Balaban J connectivity index is 4.04. The first-order chi connectivity index (χ1) is 7.90. The molecule has 0 rings (SSSR count). The van der Waals surface area contributed by atoms with Crippen molar-refractivity contribution >= 4 is 17.9 Å². The van der Waals surface area contributed by atoms with Crippen LogP contribution in [0.4, 0.5) is 4.79 Å². The lowest BCUT2D eigenvalue weighted by molar-refractivity contribution is -0.141. The van der Waals surface area contributed by atoms with E-state index in [2.05, 4.69) is 10.6 Å². The number of hydrogen-bond acceptors (Lipinski definition) is 3. The van der Waals surface area contributed by atoms with Gasteiger partial charge in [-0.3, -0.25) is 4.79 Å². The minimum Gasteiger partial charge on any atom is -0.480 e. The molecule has 7 heteroatoms. The highest BCUT2D eigenvalue weighted by molar-refractivity contribution is 5.82. The molecular formula is C10H19N3O4. The van der Waals surface area contributed by atoms with Crippen LogP contribution < -0.4 is 10.6 Å². The van der Waals surface area contributed by atoms with Crippen LogP contribution in [0.25, 0.3) is 0 Å². The Labute approximate surface area is 100 Å². The van der Waals surface area contributed by atoms with Crippen LogP contribution in [0, 0.1) is 0 Å². The number of urea groups is 1. The fourth-order valence-electron chi connectivity index (χ4n) is 1.29. The lowest BCUT2D eigenvalue weighted by Gasteiger charge is -2.23. The van der Waals surface area contributed by atoms with Crippen LogP contribution in [0.2, 0.25) is 0 Å². The summed E-state index contributed by atoms with van der Waals surface area (Å²) in [5.74, 6) is -1.21. The van der Waals surface area contributed by atoms with E-state index in [0.29, 0.717) is 13.0 Å². The average molecular weight is 245 g/mol. The van der Waals surface area contributed by atoms with Crippen LogP contribution in [-0.4, -0.2) is 54.1 Å². The molecule has 7 nitrogen and oxygen atoms in total. The third kappa shape index (κ3) is 5.74. The smallest absolute Gasteiger partial charge is 0.326 e. The second kappa shape index (κ2) is 7.48. The van der Waals surface area contributed by atoms with E-state index in [-0.39, 0.29) is 12.5 Å². The number of hydrogen-bond donors (Lipinski definition) is 3. The summed E-state index contributed by atoms with van der Waals surface area (Å²) in [4.78, 5) is 34.0. The van der Waals surface area contributed by atoms with E-state index in [1.54, 1.807) is 6.92 Å². The molecule has 0 aliphatic rings. The maximum atomic E-state index is 11.5. The monoisotopic (exact) mass is 245 g/mol. The van der Waals surface area contributed by atoms with Gasteiger partial charge in [-0.1, -0.05) is 6.92 Å². The van der Waals surface area contributed by atoms with Gasteiger partial charge in [0.2, 0.25) is 5.91 Å². The number of nitrogens with one attached hydrogen (secondary N) is 2. The number of carboxylic acid groups (broad SMARTS) is 1. The summed E-state index contributed by atoms with van der Waals surface area (Å²) in [6.45, 7) is 3.66. The lowest BCUT2D eigenvalue weighted by Crippen LogP contribution is -2.48. The fourth-order valence-corrected chi connectivity index (χ4v) is 1.29. The summed E-state index contributed by atoms with van der Waals surface area (Å²) in [6.07, 6.45) is 0.338. The molecule has 1 unspecified atom stereocenters. The SMILES string of the molecule is CCC(C(=O)O)N(C)C(=O)NCCNC(C)=O. The highest BCUT2D eigenvalue weighted by Crippen LogP contribution is 2.01. The number of carbonyl (C=O) groups excluding carboxylic acids is 2. The number of nitrogens with zero attached hydrogens (tertiary/aromatic N) is 1. The van der Waals surface area contributed by atoms with E-state index >= 15 is 0 Å². The van der Waals surface area contributed by atoms with Gasteiger partial charge in [-0.25, -0.2) is 9.59 Å². The molecule has 0 radical (unpaired) electrons. The molecule has 0 saturated carbocycles. The van der Waals surface area contributed by atoms with Crippen LogP contribution in [0.3, 0.4) is 0 Å². The van der Waals surface area contributed by atoms with Crippen LogP contribution in [0.1, 0.15) is 20.3 Å². The Morgan fingerprint density at radius 1 is 1.24 bits per heavy atom. The maximum absolute atomic E-state index is 11.5. The molecule has 0 saturated heterocycles. The van der Waals surface area contributed by atoms with Crippen molar-refractivity contribution in [1.29, 1.82) is 0 Å². The largest absolute Gasteiger partial charge is 0.480 e. The zero-order valence-electron chi connectivity index (χ0n) is 10.3. The fraction of sp³-hybridized carbons (Fsp3) is 0.700. The van der Waals surface area contributed by atoms with Gasteiger partial charge in [0.15, 0.2) is 0 Å². The third-order valence-electron chi connectivity index (χ3n) is 2.23. The van der Waals surface area contributed by atoms with E-state index < -0.39 is 18.0 Å². The van der Waals surface area contributed by atoms with Gasteiger partial charge in [0.1, 0.15) is 6.04 Å². The quantitative estimate of drug-likeness (QED) is 0.556. The van der Waals surface area contributed by atoms with Gasteiger partial charge in [0.05, 0.1) is 0 Å². The van der Waals surface area contributed by atoms with Crippen molar-refractivity contribution in [2.75, 3.05) is 20.1 Å². The average Bonchev–Trinajstić information content (AvgIpc) is 2.24. The molecular weight excluding hydrogens is 226 g/mol. The molecule has 98 valence electrons. The molecule has 0 aromatic heterocycles. The lowest BCUT2D eigenvalue weighted by atomic mass is 10.2. The third-order valence-corrected chi connectivity index (χ3v) is 2.23.